The third-order valence-corrected chi connectivity index (χ3v) is 4.89. The summed E-state index contributed by atoms with van der Waals surface area (Å²) in [5.74, 6) is 0.838. The zero-order valence-electron chi connectivity index (χ0n) is 10.7. The molecule has 2 heterocycles. The van der Waals surface area contributed by atoms with Crippen LogP contribution in [0.4, 0.5) is 4.79 Å². The molecule has 2 saturated heterocycles. The van der Waals surface area contributed by atoms with E-state index < -0.39 is 12.0 Å². The summed E-state index contributed by atoms with van der Waals surface area (Å²) in [7, 11) is 0. The summed E-state index contributed by atoms with van der Waals surface area (Å²) in [6.45, 7) is 3.72. The number of carbonyl (C=O) groups is 2. The topological polar surface area (TPSA) is 60.9 Å². The maximum absolute atomic E-state index is 12.3. The third kappa shape index (κ3) is 2.74. The number of urea groups is 1. The molecule has 1 N–H and O–H groups in total. The molecule has 18 heavy (non-hydrogen) atoms. The lowest BCUT2D eigenvalue weighted by molar-refractivity contribution is -0.141. The maximum Gasteiger partial charge on any atom is 0.327 e. The van der Waals surface area contributed by atoms with Crippen LogP contribution in [0.1, 0.15) is 26.2 Å². The summed E-state index contributed by atoms with van der Waals surface area (Å²) >= 11 is 1.51. The van der Waals surface area contributed by atoms with Crippen molar-refractivity contribution in [2.45, 2.75) is 32.2 Å². The number of likely N-dealkylation sites (tertiary alicyclic amines) is 1. The Bertz CT molecular complexity index is 329. The summed E-state index contributed by atoms with van der Waals surface area (Å²) in [6.07, 6.45) is 3.25. The van der Waals surface area contributed by atoms with Crippen LogP contribution in [0.3, 0.4) is 0 Å². The number of thioether (sulfide) groups is 1. The number of nitrogens with zero attached hydrogens (tertiary/aromatic N) is 2. The lowest BCUT2D eigenvalue weighted by Gasteiger charge is -2.35. The molecular formula is C12H20N2O3S. The number of aliphatic carboxylic acids is 1. The summed E-state index contributed by atoms with van der Waals surface area (Å²) < 4.78 is 0. The number of hydrogen-bond acceptors (Lipinski definition) is 3. The fraction of sp³-hybridized carbons (Fsp3) is 0.833. The maximum atomic E-state index is 12.3. The van der Waals surface area contributed by atoms with Gasteiger partial charge in [0.05, 0.1) is 5.88 Å². The predicted molar refractivity (Wildman–Crippen MR) is 70.6 cm³/mol. The fourth-order valence-electron chi connectivity index (χ4n) is 2.55. The molecule has 6 heteroatoms. The molecule has 2 rings (SSSR count). The lowest BCUT2D eigenvalue weighted by atomic mass is 9.95. The average Bonchev–Trinajstić information content (AvgIpc) is 2.87. The van der Waals surface area contributed by atoms with Crippen LogP contribution < -0.4 is 0 Å². The Morgan fingerprint density at radius 2 is 2.00 bits per heavy atom. The van der Waals surface area contributed by atoms with Gasteiger partial charge in [0.25, 0.3) is 0 Å². The van der Waals surface area contributed by atoms with Crippen LogP contribution in [0.25, 0.3) is 0 Å². The van der Waals surface area contributed by atoms with Crippen LogP contribution in [0.5, 0.6) is 0 Å². The van der Waals surface area contributed by atoms with Gasteiger partial charge < -0.3 is 14.9 Å². The Morgan fingerprint density at radius 1 is 1.33 bits per heavy atom. The predicted octanol–water partition coefficient (Wildman–Crippen LogP) is 1.69. The van der Waals surface area contributed by atoms with Crippen molar-refractivity contribution in [3.8, 4) is 0 Å². The van der Waals surface area contributed by atoms with Crippen molar-refractivity contribution in [1.29, 1.82) is 0 Å². The van der Waals surface area contributed by atoms with Gasteiger partial charge in [-0.15, -0.1) is 11.8 Å². The van der Waals surface area contributed by atoms with E-state index >= 15 is 0 Å². The van der Waals surface area contributed by atoms with E-state index in [0.29, 0.717) is 11.6 Å². The first kappa shape index (κ1) is 13.5. The van der Waals surface area contributed by atoms with E-state index in [1.54, 1.807) is 0 Å². The summed E-state index contributed by atoms with van der Waals surface area (Å²) in [6, 6.07) is -0.742. The van der Waals surface area contributed by atoms with E-state index in [-0.39, 0.29) is 6.03 Å². The molecule has 0 saturated carbocycles. The summed E-state index contributed by atoms with van der Waals surface area (Å²) in [5, 5.41) is 9.09. The van der Waals surface area contributed by atoms with Crippen LogP contribution >= 0.6 is 11.8 Å². The Kier molecular flexibility index (Phi) is 4.37. The number of carboxylic acid groups (broad SMARTS) is 1. The Balaban J connectivity index is 1.93. The van der Waals surface area contributed by atoms with Gasteiger partial charge in [-0.2, -0.15) is 0 Å². The van der Waals surface area contributed by atoms with Crippen molar-refractivity contribution in [3.63, 3.8) is 0 Å². The van der Waals surface area contributed by atoms with E-state index in [1.807, 2.05) is 4.90 Å². The van der Waals surface area contributed by atoms with Crippen molar-refractivity contribution in [3.05, 3.63) is 0 Å². The number of piperidine rings is 1. The number of amides is 2. The molecule has 0 spiro atoms. The largest absolute Gasteiger partial charge is 0.480 e. The van der Waals surface area contributed by atoms with Gasteiger partial charge in [0.2, 0.25) is 0 Å². The summed E-state index contributed by atoms with van der Waals surface area (Å²) in [5.41, 5.74) is 0. The average molecular weight is 272 g/mol. The lowest BCUT2D eigenvalue weighted by Crippen LogP contribution is -2.50. The number of rotatable bonds is 2. The molecule has 1 unspecified atom stereocenters. The molecule has 1 atom stereocenters. The molecular weight excluding hydrogens is 252 g/mol. The Morgan fingerprint density at radius 3 is 2.56 bits per heavy atom. The molecule has 5 nitrogen and oxygen atoms in total. The third-order valence-electron chi connectivity index (χ3n) is 3.88. The molecule has 2 aliphatic heterocycles. The number of carboxylic acids is 1. The molecule has 0 aliphatic carbocycles. The molecule has 2 fully saturated rings. The van der Waals surface area contributed by atoms with Gasteiger partial charge >= 0.3 is 12.0 Å². The van der Waals surface area contributed by atoms with Crippen LogP contribution in [0, 0.1) is 5.92 Å². The first-order chi connectivity index (χ1) is 8.63. The van der Waals surface area contributed by atoms with Gasteiger partial charge in [-0.25, -0.2) is 9.59 Å². The van der Waals surface area contributed by atoms with E-state index in [0.717, 1.165) is 31.8 Å². The van der Waals surface area contributed by atoms with Crippen molar-refractivity contribution in [2.24, 2.45) is 5.92 Å². The zero-order valence-corrected chi connectivity index (χ0v) is 11.5. The minimum absolute atomic E-state index is 0.0954. The highest BCUT2D eigenvalue weighted by Crippen LogP contribution is 2.25. The second kappa shape index (κ2) is 5.82. The van der Waals surface area contributed by atoms with Crippen molar-refractivity contribution in [2.75, 3.05) is 24.7 Å². The zero-order chi connectivity index (χ0) is 13.1. The van der Waals surface area contributed by atoms with Crippen LogP contribution in [-0.4, -0.2) is 57.7 Å². The van der Waals surface area contributed by atoms with E-state index in [9.17, 15) is 9.59 Å². The van der Waals surface area contributed by atoms with E-state index in [1.165, 1.54) is 23.1 Å². The van der Waals surface area contributed by atoms with Gasteiger partial charge in [0, 0.05) is 18.8 Å². The summed E-state index contributed by atoms with van der Waals surface area (Å²) in [4.78, 5) is 26.7. The van der Waals surface area contributed by atoms with Crippen molar-refractivity contribution < 1.29 is 14.7 Å². The van der Waals surface area contributed by atoms with Gasteiger partial charge in [0.1, 0.15) is 6.04 Å². The Labute approximate surface area is 112 Å². The fourth-order valence-corrected chi connectivity index (χ4v) is 3.69. The molecule has 2 amide bonds. The highest BCUT2D eigenvalue weighted by molar-refractivity contribution is 7.99. The van der Waals surface area contributed by atoms with Crippen LogP contribution in [-0.2, 0) is 4.79 Å². The minimum Gasteiger partial charge on any atom is -0.480 e. The molecule has 2 aliphatic rings. The number of carbonyl (C=O) groups excluding carboxylic acids is 1. The highest BCUT2D eigenvalue weighted by Gasteiger charge is 2.37. The van der Waals surface area contributed by atoms with Crippen molar-refractivity contribution in [1.82, 2.24) is 9.80 Å². The second-order valence-electron chi connectivity index (χ2n) is 4.94. The molecule has 102 valence electrons. The minimum atomic E-state index is -0.892. The smallest absolute Gasteiger partial charge is 0.327 e. The quantitative estimate of drug-likeness (QED) is 0.831. The standard InChI is InChI=1S/C12H20N2O3S/c1-2-9-3-5-13(6-4-9)12(17)14-8-18-7-10(14)11(15)16/h9-10H,2-8H2,1H3,(H,15,16). The van der Waals surface area contributed by atoms with Gasteiger partial charge in [-0.1, -0.05) is 13.3 Å². The van der Waals surface area contributed by atoms with E-state index in [2.05, 4.69) is 6.92 Å². The second-order valence-corrected chi connectivity index (χ2v) is 5.94. The van der Waals surface area contributed by atoms with Gasteiger partial charge in [-0.05, 0) is 18.8 Å². The van der Waals surface area contributed by atoms with E-state index in [4.69, 9.17) is 5.11 Å². The van der Waals surface area contributed by atoms with Gasteiger partial charge in [0.15, 0.2) is 0 Å². The Hall–Kier alpha value is -0.910. The van der Waals surface area contributed by atoms with Crippen molar-refractivity contribution >= 4 is 23.8 Å². The molecule has 0 aromatic carbocycles. The normalized spacial score (nSPS) is 25.5. The van der Waals surface area contributed by atoms with Gasteiger partial charge in [-0.3, -0.25) is 0 Å². The van der Waals surface area contributed by atoms with Crippen LogP contribution in [0.2, 0.25) is 0 Å². The number of hydrogen-bond donors (Lipinski definition) is 1. The first-order valence-corrected chi connectivity index (χ1v) is 7.65. The molecule has 0 aromatic heterocycles. The molecule has 0 bridgehead atoms. The van der Waals surface area contributed by atoms with Crippen LogP contribution in [0.15, 0.2) is 0 Å². The molecule has 0 radical (unpaired) electrons. The first-order valence-electron chi connectivity index (χ1n) is 6.49. The molecule has 0 aromatic rings. The SMILES string of the molecule is CCC1CCN(C(=O)N2CSCC2C(=O)O)CC1. The highest BCUT2D eigenvalue weighted by atomic mass is 32.2. The monoisotopic (exact) mass is 272 g/mol.